The van der Waals surface area contributed by atoms with Gasteiger partial charge >= 0.3 is 0 Å². The Balaban J connectivity index is 1.52. The Labute approximate surface area is 198 Å². The van der Waals surface area contributed by atoms with E-state index in [2.05, 4.69) is 26.7 Å². The number of nitrogens with zero attached hydrogens (tertiary/aromatic N) is 1. The summed E-state index contributed by atoms with van der Waals surface area (Å²) in [6.07, 6.45) is 2.73. The van der Waals surface area contributed by atoms with E-state index in [0.717, 1.165) is 17.7 Å². The normalized spacial score (nSPS) is 11.3. The lowest BCUT2D eigenvalue weighted by molar-refractivity contribution is 0.0977. The molecule has 0 spiro atoms. The predicted octanol–water partition coefficient (Wildman–Crippen LogP) is 5.02. The van der Waals surface area contributed by atoms with E-state index >= 15 is 0 Å². The summed E-state index contributed by atoms with van der Waals surface area (Å²) in [5, 5.41) is 7.28. The summed E-state index contributed by atoms with van der Waals surface area (Å²) >= 11 is 0. The summed E-state index contributed by atoms with van der Waals surface area (Å²) in [6, 6.07) is 22.7. The first-order valence-electron chi connectivity index (χ1n) is 11.2. The third-order valence-electron chi connectivity index (χ3n) is 5.35. The van der Waals surface area contributed by atoms with Crippen LogP contribution in [0.25, 0.3) is 10.9 Å². The molecule has 0 aliphatic rings. The first-order chi connectivity index (χ1) is 16.7. The van der Waals surface area contributed by atoms with E-state index in [4.69, 9.17) is 9.47 Å². The Morgan fingerprint density at radius 2 is 1.76 bits per heavy atom. The van der Waals surface area contributed by atoms with Gasteiger partial charge in [-0.1, -0.05) is 30.3 Å². The summed E-state index contributed by atoms with van der Waals surface area (Å²) in [7, 11) is 1.60. The Morgan fingerprint density at radius 1 is 1.00 bits per heavy atom. The van der Waals surface area contributed by atoms with Crippen LogP contribution in [0.15, 0.2) is 84.0 Å². The number of aliphatic imine (C=N–C) groups is 1. The molecule has 0 bridgehead atoms. The lowest BCUT2D eigenvalue weighted by Gasteiger charge is -2.14. The molecule has 7 heteroatoms. The first-order valence-corrected chi connectivity index (χ1v) is 11.2. The fourth-order valence-electron chi connectivity index (χ4n) is 3.66. The van der Waals surface area contributed by atoms with Crippen molar-refractivity contribution in [1.29, 1.82) is 0 Å². The molecule has 174 valence electrons. The SMILES string of the molecule is CCOc1ccc(C(=O)NC(=NCCc2c[nH]c3ccccc23)Nc2ccccc2OC)cc1. The van der Waals surface area contributed by atoms with E-state index in [-0.39, 0.29) is 5.91 Å². The van der Waals surface area contributed by atoms with Gasteiger partial charge in [0.25, 0.3) is 5.91 Å². The number of nitrogens with one attached hydrogen (secondary N) is 3. The molecule has 0 saturated heterocycles. The second-order valence-electron chi connectivity index (χ2n) is 7.58. The monoisotopic (exact) mass is 456 g/mol. The number of hydrogen-bond acceptors (Lipinski definition) is 4. The van der Waals surface area contributed by atoms with Gasteiger partial charge in [0.15, 0.2) is 0 Å². The minimum absolute atomic E-state index is 0.267. The predicted molar refractivity (Wildman–Crippen MR) is 136 cm³/mol. The number of benzene rings is 3. The van der Waals surface area contributed by atoms with Crippen LogP contribution in [0.4, 0.5) is 5.69 Å². The molecule has 0 aliphatic heterocycles. The number of amides is 1. The number of carbonyl (C=O) groups excluding carboxylic acids is 1. The maximum atomic E-state index is 12.9. The topological polar surface area (TPSA) is 87.7 Å². The van der Waals surface area contributed by atoms with Gasteiger partial charge in [0, 0.05) is 29.2 Å². The second kappa shape index (κ2) is 11.0. The van der Waals surface area contributed by atoms with Crippen LogP contribution in [0.3, 0.4) is 0 Å². The van der Waals surface area contributed by atoms with Crippen LogP contribution in [-0.2, 0) is 6.42 Å². The van der Waals surface area contributed by atoms with Gasteiger partial charge in [-0.3, -0.25) is 15.1 Å². The largest absolute Gasteiger partial charge is 0.495 e. The summed E-state index contributed by atoms with van der Waals surface area (Å²) < 4.78 is 10.9. The van der Waals surface area contributed by atoms with Crippen LogP contribution >= 0.6 is 0 Å². The zero-order valence-corrected chi connectivity index (χ0v) is 19.3. The number of fused-ring (bicyclic) bond motifs is 1. The van der Waals surface area contributed by atoms with Gasteiger partial charge < -0.3 is 19.8 Å². The van der Waals surface area contributed by atoms with Crippen molar-refractivity contribution < 1.29 is 14.3 Å². The summed E-state index contributed by atoms with van der Waals surface area (Å²) in [4.78, 5) is 20.9. The number of ether oxygens (including phenoxy) is 2. The van der Waals surface area contributed by atoms with Crippen molar-refractivity contribution in [2.24, 2.45) is 4.99 Å². The molecular formula is C27H28N4O3. The Morgan fingerprint density at radius 3 is 2.56 bits per heavy atom. The number of H-pyrrole nitrogens is 1. The minimum Gasteiger partial charge on any atom is -0.495 e. The number of para-hydroxylation sites is 3. The highest BCUT2D eigenvalue weighted by molar-refractivity contribution is 6.10. The van der Waals surface area contributed by atoms with Gasteiger partial charge in [-0.05, 0) is 61.4 Å². The zero-order chi connectivity index (χ0) is 23.8. The maximum Gasteiger partial charge on any atom is 0.257 e. The molecule has 1 amide bonds. The number of carbonyl (C=O) groups is 1. The lowest BCUT2D eigenvalue weighted by Crippen LogP contribution is -2.36. The molecule has 4 aromatic rings. The van der Waals surface area contributed by atoms with Crippen LogP contribution in [0, 0.1) is 0 Å². The maximum absolute atomic E-state index is 12.9. The molecule has 0 fully saturated rings. The molecular weight excluding hydrogens is 428 g/mol. The first kappa shape index (κ1) is 22.9. The van der Waals surface area contributed by atoms with Crippen molar-refractivity contribution in [1.82, 2.24) is 10.3 Å². The lowest BCUT2D eigenvalue weighted by atomic mass is 10.1. The van der Waals surface area contributed by atoms with E-state index in [0.29, 0.717) is 36.1 Å². The van der Waals surface area contributed by atoms with Crippen molar-refractivity contribution in [3.8, 4) is 11.5 Å². The van der Waals surface area contributed by atoms with Gasteiger partial charge in [-0.25, -0.2) is 0 Å². The van der Waals surface area contributed by atoms with Crippen molar-refractivity contribution in [2.75, 3.05) is 25.6 Å². The standard InChI is InChI=1S/C27H28N4O3/c1-3-34-21-14-12-19(13-15-21)26(32)31-27(30-24-10-6-7-11-25(24)33-2)28-17-16-20-18-29-23-9-5-4-8-22(20)23/h4-15,18,29H,3,16-17H2,1-2H3,(H2,28,30,31,32). The Hall–Kier alpha value is -4.26. The van der Waals surface area contributed by atoms with Gasteiger partial charge in [0.05, 0.1) is 19.4 Å². The summed E-state index contributed by atoms with van der Waals surface area (Å²) in [6.45, 7) is 2.98. The quantitative estimate of drug-likeness (QED) is 0.257. The number of anilines is 1. The van der Waals surface area contributed by atoms with Crippen molar-refractivity contribution >= 4 is 28.5 Å². The smallest absolute Gasteiger partial charge is 0.257 e. The van der Waals surface area contributed by atoms with E-state index in [9.17, 15) is 4.79 Å². The third-order valence-corrected chi connectivity index (χ3v) is 5.35. The third kappa shape index (κ3) is 5.56. The van der Waals surface area contributed by atoms with Crippen molar-refractivity contribution in [3.05, 3.63) is 90.1 Å². The van der Waals surface area contributed by atoms with Crippen molar-refractivity contribution in [2.45, 2.75) is 13.3 Å². The molecule has 0 unspecified atom stereocenters. The van der Waals surface area contributed by atoms with Crippen LogP contribution in [0.1, 0.15) is 22.8 Å². The molecule has 3 aromatic carbocycles. The molecule has 34 heavy (non-hydrogen) atoms. The summed E-state index contributed by atoms with van der Waals surface area (Å²) in [5.41, 5.74) is 3.49. The van der Waals surface area contributed by atoms with Gasteiger partial charge in [0.2, 0.25) is 5.96 Å². The average molecular weight is 457 g/mol. The zero-order valence-electron chi connectivity index (χ0n) is 19.3. The highest BCUT2D eigenvalue weighted by Crippen LogP contribution is 2.23. The van der Waals surface area contributed by atoms with Gasteiger partial charge in [-0.15, -0.1) is 0 Å². The van der Waals surface area contributed by atoms with Crippen LogP contribution < -0.4 is 20.1 Å². The number of hydrogen-bond donors (Lipinski definition) is 3. The fraction of sp³-hybridized carbons (Fsp3) is 0.185. The average Bonchev–Trinajstić information content (AvgIpc) is 3.28. The van der Waals surface area contributed by atoms with E-state index < -0.39 is 0 Å². The molecule has 0 radical (unpaired) electrons. The second-order valence-corrected chi connectivity index (χ2v) is 7.58. The molecule has 1 heterocycles. The molecule has 0 atom stereocenters. The highest BCUT2D eigenvalue weighted by atomic mass is 16.5. The van der Waals surface area contributed by atoms with Gasteiger partial charge in [0.1, 0.15) is 11.5 Å². The van der Waals surface area contributed by atoms with Crippen molar-refractivity contribution in [3.63, 3.8) is 0 Å². The number of rotatable bonds is 8. The van der Waals surface area contributed by atoms with E-state index in [1.165, 1.54) is 10.9 Å². The highest BCUT2D eigenvalue weighted by Gasteiger charge is 2.12. The number of aromatic nitrogens is 1. The molecule has 1 aromatic heterocycles. The van der Waals surface area contributed by atoms with Crippen LogP contribution in [-0.4, -0.2) is 37.1 Å². The van der Waals surface area contributed by atoms with E-state index in [1.54, 1.807) is 31.4 Å². The Bertz CT molecular complexity index is 1280. The van der Waals surface area contributed by atoms with Crippen LogP contribution in [0.2, 0.25) is 0 Å². The Kier molecular flexibility index (Phi) is 7.45. The van der Waals surface area contributed by atoms with Gasteiger partial charge in [-0.2, -0.15) is 0 Å². The van der Waals surface area contributed by atoms with E-state index in [1.807, 2.05) is 55.6 Å². The fourth-order valence-corrected chi connectivity index (χ4v) is 3.66. The molecule has 0 saturated carbocycles. The minimum atomic E-state index is -0.267. The number of methoxy groups -OCH3 is 1. The molecule has 7 nitrogen and oxygen atoms in total. The summed E-state index contributed by atoms with van der Waals surface area (Å²) in [5.74, 6) is 1.46. The number of aromatic amines is 1. The molecule has 0 aliphatic carbocycles. The van der Waals surface area contributed by atoms with Crippen LogP contribution in [0.5, 0.6) is 11.5 Å². The molecule has 4 rings (SSSR count). The molecule has 3 N–H and O–H groups in total. The number of guanidine groups is 1.